The van der Waals surface area contributed by atoms with Crippen molar-refractivity contribution in [3.8, 4) is 0 Å². The molecule has 2 amide bonds. The van der Waals surface area contributed by atoms with Crippen LogP contribution in [0.4, 0.5) is 5.69 Å². The number of carbonyl (C=O) groups is 2. The van der Waals surface area contributed by atoms with Gasteiger partial charge in [-0.05, 0) is 73.9 Å². The van der Waals surface area contributed by atoms with Crippen LogP contribution >= 0.6 is 12.4 Å². The van der Waals surface area contributed by atoms with Crippen molar-refractivity contribution in [1.82, 2.24) is 10.6 Å². The van der Waals surface area contributed by atoms with Gasteiger partial charge in [0.2, 0.25) is 11.8 Å². The van der Waals surface area contributed by atoms with Gasteiger partial charge in [-0.3, -0.25) is 14.9 Å². The van der Waals surface area contributed by atoms with Crippen molar-refractivity contribution in [2.24, 2.45) is 0 Å². The van der Waals surface area contributed by atoms with E-state index in [0.29, 0.717) is 18.3 Å². The number of benzene rings is 1. The lowest BCUT2D eigenvalue weighted by atomic mass is 9.74. The number of fused-ring (bicyclic) bond motifs is 2. The number of piperidine rings is 2. The van der Waals surface area contributed by atoms with E-state index >= 15 is 0 Å². The Morgan fingerprint density at radius 1 is 1.08 bits per heavy atom. The summed E-state index contributed by atoms with van der Waals surface area (Å²) in [6.45, 7) is 2.21. The molecule has 2 saturated heterocycles. The zero-order chi connectivity index (χ0) is 15.9. The molecule has 2 heterocycles. The fourth-order valence-electron chi connectivity index (χ4n) is 4.37. The monoisotopic (exact) mass is 349 g/mol. The fourth-order valence-corrected chi connectivity index (χ4v) is 4.37. The molecule has 2 aliphatic heterocycles. The summed E-state index contributed by atoms with van der Waals surface area (Å²) < 4.78 is 0. The van der Waals surface area contributed by atoms with E-state index in [0.717, 1.165) is 25.2 Å². The predicted molar refractivity (Wildman–Crippen MR) is 95.6 cm³/mol. The number of imide groups is 1. The minimum atomic E-state index is -0.306. The molecule has 0 saturated carbocycles. The molecule has 1 aromatic carbocycles. The molecule has 3 N–H and O–H groups in total. The van der Waals surface area contributed by atoms with Crippen molar-refractivity contribution in [2.75, 3.05) is 18.4 Å². The van der Waals surface area contributed by atoms with Crippen LogP contribution in [0.25, 0.3) is 0 Å². The lowest BCUT2D eigenvalue weighted by Crippen LogP contribution is -2.47. The van der Waals surface area contributed by atoms with Gasteiger partial charge in [-0.2, -0.15) is 0 Å². The maximum atomic E-state index is 11.9. The topological polar surface area (TPSA) is 70.2 Å². The Hall–Kier alpha value is -1.59. The van der Waals surface area contributed by atoms with Gasteiger partial charge in [0, 0.05) is 12.1 Å². The summed E-state index contributed by atoms with van der Waals surface area (Å²) in [6.07, 6.45) is 5.79. The average Bonchev–Trinajstić information content (AvgIpc) is 2.89. The SMILES string of the molecule is Cl.O=C1CCC(Nc2ccc3c(c2)CCC32CCNCC2)C(=O)N1. The number of hydrogen-bond donors (Lipinski definition) is 3. The fraction of sp³-hybridized carbons (Fsp3) is 0.556. The van der Waals surface area contributed by atoms with Gasteiger partial charge >= 0.3 is 0 Å². The molecule has 130 valence electrons. The van der Waals surface area contributed by atoms with Gasteiger partial charge in [0.1, 0.15) is 6.04 Å². The lowest BCUT2D eigenvalue weighted by molar-refractivity contribution is -0.133. The first-order valence-corrected chi connectivity index (χ1v) is 8.61. The second-order valence-corrected chi connectivity index (χ2v) is 7.05. The van der Waals surface area contributed by atoms with Crippen molar-refractivity contribution in [2.45, 2.75) is 50.0 Å². The highest BCUT2D eigenvalue weighted by Crippen LogP contribution is 2.45. The van der Waals surface area contributed by atoms with E-state index in [2.05, 4.69) is 34.1 Å². The molecule has 0 radical (unpaired) electrons. The average molecular weight is 350 g/mol. The van der Waals surface area contributed by atoms with Crippen molar-refractivity contribution in [1.29, 1.82) is 0 Å². The first-order chi connectivity index (χ1) is 11.2. The molecule has 1 spiro atoms. The van der Waals surface area contributed by atoms with E-state index in [9.17, 15) is 9.59 Å². The molecule has 1 unspecified atom stereocenters. The Morgan fingerprint density at radius 3 is 2.62 bits per heavy atom. The molecule has 5 nitrogen and oxygen atoms in total. The second kappa shape index (κ2) is 6.73. The zero-order valence-corrected chi connectivity index (χ0v) is 14.5. The minimum Gasteiger partial charge on any atom is -0.374 e. The summed E-state index contributed by atoms with van der Waals surface area (Å²) in [6, 6.07) is 6.25. The molecule has 4 rings (SSSR count). The summed E-state index contributed by atoms with van der Waals surface area (Å²) >= 11 is 0. The van der Waals surface area contributed by atoms with E-state index in [1.807, 2.05) is 0 Å². The molecule has 0 aromatic heterocycles. The molecule has 2 fully saturated rings. The van der Waals surface area contributed by atoms with Crippen LogP contribution < -0.4 is 16.0 Å². The lowest BCUT2D eigenvalue weighted by Gasteiger charge is -2.35. The van der Waals surface area contributed by atoms with Gasteiger partial charge in [-0.25, -0.2) is 0 Å². The molecule has 0 bridgehead atoms. The van der Waals surface area contributed by atoms with Crippen LogP contribution in [0.2, 0.25) is 0 Å². The van der Waals surface area contributed by atoms with Gasteiger partial charge in [0.05, 0.1) is 0 Å². The first kappa shape index (κ1) is 17.2. The Bertz CT molecular complexity index is 656. The van der Waals surface area contributed by atoms with Crippen LogP contribution in [0.1, 0.15) is 43.2 Å². The summed E-state index contributed by atoms with van der Waals surface area (Å²) in [5.74, 6) is -0.383. The van der Waals surface area contributed by atoms with Gasteiger partial charge < -0.3 is 10.6 Å². The molecular weight excluding hydrogens is 326 g/mol. The maximum Gasteiger partial charge on any atom is 0.249 e. The van der Waals surface area contributed by atoms with E-state index < -0.39 is 0 Å². The number of hydrogen-bond acceptors (Lipinski definition) is 4. The third-order valence-electron chi connectivity index (χ3n) is 5.69. The Morgan fingerprint density at radius 2 is 1.88 bits per heavy atom. The van der Waals surface area contributed by atoms with Crippen LogP contribution in [-0.2, 0) is 21.4 Å². The Labute approximate surface area is 148 Å². The van der Waals surface area contributed by atoms with Crippen LogP contribution in [0.15, 0.2) is 18.2 Å². The van der Waals surface area contributed by atoms with Crippen LogP contribution in [0, 0.1) is 0 Å². The number of anilines is 1. The third-order valence-corrected chi connectivity index (χ3v) is 5.69. The largest absolute Gasteiger partial charge is 0.374 e. The van der Waals surface area contributed by atoms with Crippen molar-refractivity contribution in [3.63, 3.8) is 0 Å². The minimum absolute atomic E-state index is 0. The molecule has 1 aromatic rings. The van der Waals surface area contributed by atoms with Gasteiger partial charge in [-0.1, -0.05) is 6.07 Å². The summed E-state index contributed by atoms with van der Waals surface area (Å²) in [7, 11) is 0. The van der Waals surface area contributed by atoms with E-state index in [1.54, 1.807) is 0 Å². The number of carbonyl (C=O) groups excluding carboxylic acids is 2. The van der Waals surface area contributed by atoms with Crippen LogP contribution in [0.5, 0.6) is 0 Å². The number of nitrogens with one attached hydrogen (secondary N) is 3. The van der Waals surface area contributed by atoms with E-state index in [1.165, 1.54) is 30.4 Å². The van der Waals surface area contributed by atoms with Gasteiger partial charge in [-0.15, -0.1) is 12.4 Å². The van der Waals surface area contributed by atoms with Crippen molar-refractivity contribution >= 4 is 29.9 Å². The smallest absolute Gasteiger partial charge is 0.249 e. The number of halogens is 1. The number of aryl methyl sites for hydroxylation is 1. The molecule has 6 heteroatoms. The normalized spacial score (nSPS) is 24.9. The van der Waals surface area contributed by atoms with E-state index in [4.69, 9.17) is 0 Å². The highest BCUT2D eigenvalue weighted by molar-refractivity contribution is 6.01. The Kier molecular flexibility index (Phi) is 4.83. The highest BCUT2D eigenvalue weighted by Gasteiger charge is 2.39. The summed E-state index contributed by atoms with van der Waals surface area (Å²) in [4.78, 5) is 23.1. The summed E-state index contributed by atoms with van der Waals surface area (Å²) in [5, 5.41) is 9.15. The van der Waals surface area contributed by atoms with E-state index in [-0.39, 0.29) is 30.3 Å². The molecule has 3 aliphatic rings. The second-order valence-electron chi connectivity index (χ2n) is 7.05. The third kappa shape index (κ3) is 3.03. The van der Waals surface area contributed by atoms with Gasteiger partial charge in [0.25, 0.3) is 0 Å². The molecule has 24 heavy (non-hydrogen) atoms. The summed E-state index contributed by atoms with van der Waals surface area (Å²) in [5.41, 5.74) is 4.29. The molecule has 1 aliphatic carbocycles. The van der Waals surface area contributed by atoms with Crippen molar-refractivity contribution < 1.29 is 9.59 Å². The zero-order valence-electron chi connectivity index (χ0n) is 13.7. The molecular formula is C18H24ClN3O2. The predicted octanol–water partition coefficient (Wildman–Crippen LogP) is 1.89. The maximum absolute atomic E-state index is 11.9. The van der Waals surface area contributed by atoms with Crippen molar-refractivity contribution in [3.05, 3.63) is 29.3 Å². The standard InChI is InChI=1S/C18H23N3O2.ClH/c22-16-4-3-15(17(23)21-16)20-13-1-2-14-12(11-13)5-6-18(14)7-9-19-10-8-18;/h1-2,11,15,19-20H,3-10H2,(H,21,22,23);1H. The molecule has 1 atom stereocenters. The highest BCUT2D eigenvalue weighted by atomic mass is 35.5. The first-order valence-electron chi connectivity index (χ1n) is 8.61. The van der Waals surface area contributed by atoms with Gasteiger partial charge in [0.15, 0.2) is 0 Å². The van der Waals surface area contributed by atoms with Crippen LogP contribution in [-0.4, -0.2) is 30.9 Å². The Balaban J connectivity index is 0.00000169. The number of rotatable bonds is 2. The number of amides is 2. The quantitative estimate of drug-likeness (QED) is 0.713. The van der Waals surface area contributed by atoms with Crippen LogP contribution in [0.3, 0.4) is 0 Å².